The molecule has 7 nitrogen and oxygen atoms in total. The number of carbonyl (C=O) groups excluding carboxylic acids is 3. The highest BCUT2D eigenvalue weighted by molar-refractivity contribution is 6.34. The van der Waals surface area contributed by atoms with Crippen molar-refractivity contribution in [2.45, 2.75) is 85.8 Å². The minimum atomic E-state index is -0.917. The van der Waals surface area contributed by atoms with Crippen LogP contribution in [-0.4, -0.2) is 41.5 Å². The number of halogens is 1. The van der Waals surface area contributed by atoms with Gasteiger partial charge in [0.2, 0.25) is 5.91 Å². The fraction of sp³-hybridized carbons (Fsp3) is 0.500. The lowest BCUT2D eigenvalue weighted by atomic mass is 9.98. The number of unbranched alkanes of at least 4 members (excludes halogenated alkanes) is 3. The Hall–Kier alpha value is -3.06. The van der Waals surface area contributed by atoms with Crippen LogP contribution in [0.15, 0.2) is 36.4 Å². The summed E-state index contributed by atoms with van der Waals surface area (Å²) >= 11 is 6.41. The van der Waals surface area contributed by atoms with E-state index in [4.69, 9.17) is 16.3 Å². The van der Waals surface area contributed by atoms with Gasteiger partial charge in [0.25, 0.3) is 5.91 Å². The Labute approximate surface area is 232 Å². The highest BCUT2D eigenvalue weighted by atomic mass is 35.5. The smallest absolute Gasteiger partial charge is 0.408 e. The molecule has 2 aromatic rings. The van der Waals surface area contributed by atoms with Gasteiger partial charge in [0.15, 0.2) is 0 Å². The molecule has 0 saturated carbocycles. The largest absolute Gasteiger partial charge is 0.444 e. The highest BCUT2D eigenvalue weighted by Gasteiger charge is 2.32. The SMILES string of the molecule is CCCCCCN(C(=O)CNC(=O)OC(C)(C)C)C(C(=O)Nc1c(C)cccc1Cl)c1ccc(C)c(C)c1. The van der Waals surface area contributed by atoms with Crippen molar-refractivity contribution in [3.63, 3.8) is 0 Å². The molecule has 0 aliphatic heterocycles. The van der Waals surface area contributed by atoms with Crippen molar-refractivity contribution in [3.8, 4) is 0 Å². The van der Waals surface area contributed by atoms with E-state index in [-0.39, 0.29) is 18.4 Å². The van der Waals surface area contributed by atoms with Gasteiger partial charge < -0.3 is 20.3 Å². The lowest BCUT2D eigenvalue weighted by Crippen LogP contribution is -2.47. The van der Waals surface area contributed by atoms with Gasteiger partial charge in [0.05, 0.1) is 10.7 Å². The molecule has 2 aromatic carbocycles. The molecule has 0 fully saturated rings. The van der Waals surface area contributed by atoms with E-state index in [1.54, 1.807) is 31.7 Å². The van der Waals surface area contributed by atoms with Crippen molar-refractivity contribution in [3.05, 3.63) is 63.7 Å². The van der Waals surface area contributed by atoms with E-state index in [1.807, 2.05) is 51.1 Å². The maximum Gasteiger partial charge on any atom is 0.408 e. The summed E-state index contributed by atoms with van der Waals surface area (Å²) < 4.78 is 5.29. The summed E-state index contributed by atoms with van der Waals surface area (Å²) in [7, 11) is 0. The predicted octanol–water partition coefficient (Wildman–Crippen LogP) is 6.88. The van der Waals surface area contributed by atoms with E-state index in [1.165, 1.54) is 0 Å². The van der Waals surface area contributed by atoms with Gasteiger partial charge in [0.1, 0.15) is 18.2 Å². The van der Waals surface area contributed by atoms with Crippen LogP contribution in [0.5, 0.6) is 0 Å². The molecule has 0 bridgehead atoms. The molecule has 8 heteroatoms. The first-order valence-corrected chi connectivity index (χ1v) is 13.6. The van der Waals surface area contributed by atoms with E-state index in [0.717, 1.165) is 42.4 Å². The number of benzene rings is 2. The second kappa shape index (κ2) is 14.2. The fourth-order valence-corrected chi connectivity index (χ4v) is 4.33. The number of nitrogens with one attached hydrogen (secondary N) is 2. The van der Waals surface area contributed by atoms with Crippen LogP contribution < -0.4 is 10.6 Å². The van der Waals surface area contributed by atoms with Gasteiger partial charge in [-0.3, -0.25) is 9.59 Å². The average molecular weight is 544 g/mol. The molecule has 1 atom stereocenters. The maximum atomic E-state index is 13.9. The van der Waals surface area contributed by atoms with Crippen LogP contribution in [0.4, 0.5) is 10.5 Å². The summed E-state index contributed by atoms with van der Waals surface area (Å²) in [5.74, 6) is -0.743. The zero-order chi connectivity index (χ0) is 28.5. The van der Waals surface area contributed by atoms with E-state index in [0.29, 0.717) is 22.8 Å². The molecule has 38 heavy (non-hydrogen) atoms. The third-order valence-corrected chi connectivity index (χ3v) is 6.55. The molecular formula is C30H42ClN3O4. The molecule has 2 N–H and O–H groups in total. The lowest BCUT2D eigenvalue weighted by Gasteiger charge is -2.32. The summed E-state index contributed by atoms with van der Waals surface area (Å²) in [5, 5.41) is 5.94. The molecule has 2 rings (SSSR count). The maximum absolute atomic E-state index is 13.9. The Morgan fingerprint density at radius 1 is 0.974 bits per heavy atom. The third-order valence-electron chi connectivity index (χ3n) is 6.23. The molecule has 3 amide bonds. The fourth-order valence-electron chi connectivity index (χ4n) is 4.06. The molecule has 0 heterocycles. The number of aryl methyl sites for hydroxylation is 3. The molecular weight excluding hydrogens is 502 g/mol. The van der Waals surface area contributed by atoms with Crippen LogP contribution >= 0.6 is 11.6 Å². The number of hydrogen-bond donors (Lipinski definition) is 2. The first-order valence-electron chi connectivity index (χ1n) is 13.2. The normalized spacial score (nSPS) is 12.0. The van der Waals surface area contributed by atoms with Gasteiger partial charge >= 0.3 is 6.09 Å². The zero-order valence-corrected chi connectivity index (χ0v) is 24.5. The number of amides is 3. The number of para-hydroxylation sites is 1. The summed E-state index contributed by atoms with van der Waals surface area (Å²) in [6.45, 7) is 13.3. The first-order chi connectivity index (χ1) is 17.8. The van der Waals surface area contributed by atoms with Gasteiger partial charge in [-0.25, -0.2) is 4.79 Å². The Balaban J connectivity index is 2.45. The number of carbonyl (C=O) groups is 3. The van der Waals surface area contributed by atoms with Gasteiger partial charge in [-0.1, -0.05) is 68.1 Å². The van der Waals surface area contributed by atoms with Crippen molar-refractivity contribution in [2.75, 3.05) is 18.4 Å². The highest BCUT2D eigenvalue weighted by Crippen LogP contribution is 2.30. The molecule has 0 spiro atoms. The number of anilines is 1. The molecule has 0 aromatic heterocycles. The topological polar surface area (TPSA) is 87.7 Å². The Kier molecular flexibility index (Phi) is 11.6. The molecule has 0 saturated heterocycles. The molecule has 1 unspecified atom stereocenters. The second-order valence-electron chi connectivity index (χ2n) is 10.7. The summed E-state index contributed by atoms with van der Waals surface area (Å²) in [6, 6.07) is 10.2. The summed E-state index contributed by atoms with van der Waals surface area (Å²) in [4.78, 5) is 41.3. The van der Waals surface area contributed by atoms with Crippen LogP contribution in [0.25, 0.3) is 0 Å². The Morgan fingerprint density at radius 2 is 1.68 bits per heavy atom. The minimum Gasteiger partial charge on any atom is -0.444 e. The minimum absolute atomic E-state index is 0.289. The number of alkyl carbamates (subject to hydrolysis) is 1. The number of rotatable bonds is 11. The van der Waals surface area contributed by atoms with Crippen molar-refractivity contribution in [1.29, 1.82) is 0 Å². The van der Waals surface area contributed by atoms with Gasteiger partial charge in [-0.15, -0.1) is 0 Å². The second-order valence-corrected chi connectivity index (χ2v) is 11.1. The molecule has 0 aliphatic carbocycles. The van der Waals surface area contributed by atoms with Gasteiger partial charge in [-0.05, 0) is 76.3 Å². The van der Waals surface area contributed by atoms with E-state index >= 15 is 0 Å². The quantitative estimate of drug-likeness (QED) is 0.302. The van der Waals surface area contributed by atoms with E-state index in [9.17, 15) is 14.4 Å². The Morgan fingerprint density at radius 3 is 2.29 bits per heavy atom. The lowest BCUT2D eigenvalue weighted by molar-refractivity contribution is -0.138. The van der Waals surface area contributed by atoms with E-state index in [2.05, 4.69) is 17.6 Å². The van der Waals surface area contributed by atoms with Crippen LogP contribution in [0.1, 0.15) is 81.7 Å². The van der Waals surface area contributed by atoms with Crippen molar-refractivity contribution < 1.29 is 19.1 Å². The van der Waals surface area contributed by atoms with Crippen molar-refractivity contribution in [1.82, 2.24) is 10.2 Å². The third kappa shape index (κ3) is 9.35. The van der Waals surface area contributed by atoms with Gasteiger partial charge in [0, 0.05) is 6.54 Å². The Bertz CT molecular complexity index is 1110. The van der Waals surface area contributed by atoms with Gasteiger partial charge in [-0.2, -0.15) is 0 Å². The molecule has 0 radical (unpaired) electrons. The summed E-state index contributed by atoms with van der Waals surface area (Å²) in [5.41, 5.74) is 3.43. The average Bonchev–Trinajstić information content (AvgIpc) is 2.82. The predicted molar refractivity (Wildman–Crippen MR) is 154 cm³/mol. The van der Waals surface area contributed by atoms with Crippen molar-refractivity contribution in [2.24, 2.45) is 0 Å². The van der Waals surface area contributed by atoms with E-state index < -0.39 is 17.7 Å². The summed E-state index contributed by atoms with van der Waals surface area (Å²) in [6.07, 6.45) is 3.03. The van der Waals surface area contributed by atoms with Crippen LogP contribution in [0.2, 0.25) is 5.02 Å². The number of ether oxygens (including phenoxy) is 1. The molecule has 0 aliphatic rings. The first kappa shape index (κ1) is 31.2. The zero-order valence-electron chi connectivity index (χ0n) is 23.7. The molecule has 208 valence electrons. The number of nitrogens with zero attached hydrogens (tertiary/aromatic N) is 1. The monoisotopic (exact) mass is 543 g/mol. The number of hydrogen-bond acceptors (Lipinski definition) is 4. The van der Waals surface area contributed by atoms with Crippen LogP contribution in [0.3, 0.4) is 0 Å². The van der Waals surface area contributed by atoms with Crippen LogP contribution in [-0.2, 0) is 14.3 Å². The standard InChI is InChI=1S/C30H42ClN3O4/c1-8-9-10-11-17-34(25(35)19-32-29(37)38-30(5,6)7)27(23-16-15-20(2)22(4)18-23)28(36)33-26-21(3)13-12-14-24(26)31/h12-16,18,27H,8-11,17,19H2,1-7H3,(H,32,37)(H,33,36). The van der Waals surface area contributed by atoms with Crippen LogP contribution in [0, 0.1) is 20.8 Å². The van der Waals surface area contributed by atoms with Crippen molar-refractivity contribution >= 4 is 35.2 Å².